The van der Waals surface area contributed by atoms with Crippen molar-refractivity contribution in [3.63, 3.8) is 0 Å². The number of para-hydroxylation sites is 2. The molecule has 0 aliphatic heterocycles. The second-order valence-corrected chi connectivity index (χ2v) is 5.73. The van der Waals surface area contributed by atoms with Crippen LogP contribution < -0.4 is 5.32 Å². The maximum absolute atomic E-state index is 11.9. The number of amides is 1. The Morgan fingerprint density at radius 1 is 1.12 bits per heavy atom. The molecule has 2 N–H and O–H groups in total. The van der Waals surface area contributed by atoms with Gasteiger partial charge in [-0.05, 0) is 30.2 Å². The first-order valence-electron chi connectivity index (χ1n) is 8.17. The van der Waals surface area contributed by atoms with Crippen molar-refractivity contribution < 1.29 is 14.3 Å². The highest BCUT2D eigenvalue weighted by molar-refractivity contribution is 5.94. The fraction of sp³-hybridized carbons (Fsp3) is 0.150. The van der Waals surface area contributed by atoms with Gasteiger partial charge in [-0.2, -0.15) is 5.26 Å². The average Bonchev–Trinajstić information content (AvgIpc) is 3.08. The van der Waals surface area contributed by atoms with Gasteiger partial charge in [0.1, 0.15) is 6.07 Å². The van der Waals surface area contributed by atoms with Gasteiger partial charge in [-0.1, -0.05) is 30.3 Å². The van der Waals surface area contributed by atoms with E-state index in [-0.39, 0.29) is 13.0 Å². The fourth-order valence-corrected chi connectivity index (χ4v) is 2.67. The lowest BCUT2D eigenvalue weighted by Gasteiger charge is -2.07. The van der Waals surface area contributed by atoms with Gasteiger partial charge in [-0.15, -0.1) is 0 Å². The van der Waals surface area contributed by atoms with E-state index in [0.717, 1.165) is 16.5 Å². The molecule has 26 heavy (non-hydrogen) atoms. The summed E-state index contributed by atoms with van der Waals surface area (Å²) < 4.78 is 5.02. The summed E-state index contributed by atoms with van der Waals surface area (Å²) in [7, 11) is 0. The highest BCUT2D eigenvalue weighted by Gasteiger charge is 2.11. The molecule has 3 rings (SSSR count). The van der Waals surface area contributed by atoms with Crippen LogP contribution in [0.1, 0.15) is 17.5 Å². The molecular formula is C20H17N3O3. The van der Waals surface area contributed by atoms with E-state index in [1.54, 1.807) is 24.3 Å². The molecule has 0 aliphatic rings. The van der Waals surface area contributed by atoms with Crippen molar-refractivity contribution in [1.29, 1.82) is 5.26 Å². The predicted molar refractivity (Wildman–Crippen MR) is 97.4 cm³/mol. The van der Waals surface area contributed by atoms with E-state index < -0.39 is 11.9 Å². The SMILES string of the molecule is N#Cc1ccccc1NC(=O)COC(=O)CCc1c[nH]c2ccccc12. The molecule has 0 unspecified atom stereocenters. The summed E-state index contributed by atoms with van der Waals surface area (Å²) >= 11 is 0. The third-order valence-corrected chi connectivity index (χ3v) is 3.96. The molecule has 6 heteroatoms. The van der Waals surface area contributed by atoms with Crippen LogP contribution in [0.4, 0.5) is 5.69 Å². The highest BCUT2D eigenvalue weighted by Crippen LogP contribution is 2.19. The van der Waals surface area contributed by atoms with E-state index in [2.05, 4.69) is 10.3 Å². The third-order valence-electron chi connectivity index (χ3n) is 3.96. The summed E-state index contributed by atoms with van der Waals surface area (Å²) in [5.41, 5.74) is 2.80. The lowest BCUT2D eigenvalue weighted by Crippen LogP contribution is -2.21. The van der Waals surface area contributed by atoms with E-state index in [9.17, 15) is 9.59 Å². The molecule has 1 heterocycles. The van der Waals surface area contributed by atoms with Gasteiger partial charge in [0.05, 0.1) is 11.3 Å². The first kappa shape index (κ1) is 17.2. The van der Waals surface area contributed by atoms with Crippen LogP contribution in [-0.2, 0) is 20.7 Å². The molecule has 0 bridgehead atoms. The topological polar surface area (TPSA) is 95.0 Å². The minimum Gasteiger partial charge on any atom is -0.456 e. The normalized spacial score (nSPS) is 10.3. The number of H-pyrrole nitrogens is 1. The van der Waals surface area contributed by atoms with Crippen molar-refractivity contribution >= 4 is 28.5 Å². The van der Waals surface area contributed by atoms with E-state index in [0.29, 0.717) is 17.7 Å². The Hall–Kier alpha value is -3.59. The molecule has 0 radical (unpaired) electrons. The van der Waals surface area contributed by atoms with Crippen molar-refractivity contribution in [3.05, 3.63) is 65.9 Å². The number of ether oxygens (including phenoxy) is 1. The zero-order valence-corrected chi connectivity index (χ0v) is 14.0. The Kier molecular flexibility index (Phi) is 5.30. The van der Waals surface area contributed by atoms with Crippen LogP contribution in [0.3, 0.4) is 0 Å². The Morgan fingerprint density at radius 2 is 1.88 bits per heavy atom. The Bertz CT molecular complexity index is 985. The number of aryl methyl sites for hydroxylation is 1. The summed E-state index contributed by atoms with van der Waals surface area (Å²) in [5, 5.41) is 12.6. The van der Waals surface area contributed by atoms with E-state index in [1.165, 1.54) is 0 Å². The summed E-state index contributed by atoms with van der Waals surface area (Å²) in [6.45, 7) is -0.382. The van der Waals surface area contributed by atoms with Gasteiger partial charge in [0, 0.05) is 23.5 Å². The van der Waals surface area contributed by atoms with Gasteiger partial charge >= 0.3 is 5.97 Å². The second kappa shape index (κ2) is 7.99. The number of nitrogens with one attached hydrogen (secondary N) is 2. The molecule has 0 saturated heterocycles. The number of esters is 1. The number of aromatic nitrogens is 1. The standard InChI is InChI=1S/C20H17N3O3/c21-11-14-5-1-3-7-17(14)23-19(24)13-26-20(25)10-9-15-12-22-18-8-4-2-6-16(15)18/h1-8,12,22H,9-10,13H2,(H,23,24). The largest absolute Gasteiger partial charge is 0.456 e. The third kappa shape index (κ3) is 4.08. The van der Waals surface area contributed by atoms with Gasteiger partial charge < -0.3 is 15.0 Å². The van der Waals surface area contributed by atoms with Gasteiger partial charge in [0.2, 0.25) is 0 Å². The number of nitriles is 1. The van der Waals surface area contributed by atoms with Gasteiger partial charge in [0.15, 0.2) is 6.61 Å². The number of rotatable bonds is 6. The smallest absolute Gasteiger partial charge is 0.306 e. The van der Waals surface area contributed by atoms with Gasteiger partial charge in [0.25, 0.3) is 5.91 Å². The second-order valence-electron chi connectivity index (χ2n) is 5.73. The van der Waals surface area contributed by atoms with Crippen molar-refractivity contribution in [2.75, 3.05) is 11.9 Å². The first-order valence-corrected chi connectivity index (χ1v) is 8.17. The summed E-state index contributed by atoms with van der Waals surface area (Å²) in [6.07, 6.45) is 2.59. The quantitative estimate of drug-likeness (QED) is 0.670. The first-order chi connectivity index (χ1) is 12.7. The average molecular weight is 347 g/mol. The number of anilines is 1. The number of carbonyl (C=O) groups is 2. The van der Waals surface area contributed by atoms with Crippen molar-refractivity contribution in [2.45, 2.75) is 12.8 Å². The molecule has 2 aromatic carbocycles. The van der Waals surface area contributed by atoms with Crippen LogP contribution in [0.15, 0.2) is 54.7 Å². The zero-order chi connectivity index (χ0) is 18.4. The van der Waals surface area contributed by atoms with Crippen LogP contribution in [0.25, 0.3) is 10.9 Å². The molecule has 0 atom stereocenters. The van der Waals surface area contributed by atoms with E-state index in [4.69, 9.17) is 10.00 Å². The van der Waals surface area contributed by atoms with Crippen molar-refractivity contribution in [1.82, 2.24) is 4.98 Å². The molecule has 0 aliphatic carbocycles. The number of hydrogen-bond donors (Lipinski definition) is 2. The van der Waals surface area contributed by atoms with Crippen LogP contribution in [0.5, 0.6) is 0 Å². The number of aromatic amines is 1. The van der Waals surface area contributed by atoms with E-state index >= 15 is 0 Å². The van der Waals surface area contributed by atoms with Crippen molar-refractivity contribution in [2.24, 2.45) is 0 Å². The monoisotopic (exact) mass is 347 g/mol. The number of benzene rings is 2. The molecule has 0 spiro atoms. The van der Waals surface area contributed by atoms with E-state index in [1.807, 2.05) is 36.5 Å². The number of fused-ring (bicyclic) bond motifs is 1. The van der Waals surface area contributed by atoms with Gasteiger partial charge in [-0.3, -0.25) is 9.59 Å². The van der Waals surface area contributed by atoms with Crippen LogP contribution in [0.2, 0.25) is 0 Å². The molecule has 0 saturated carbocycles. The van der Waals surface area contributed by atoms with Crippen LogP contribution in [-0.4, -0.2) is 23.5 Å². The lowest BCUT2D eigenvalue weighted by atomic mass is 10.1. The predicted octanol–water partition coefficient (Wildman–Crippen LogP) is 3.15. The van der Waals surface area contributed by atoms with Gasteiger partial charge in [-0.25, -0.2) is 0 Å². The maximum atomic E-state index is 11.9. The molecule has 6 nitrogen and oxygen atoms in total. The molecular weight excluding hydrogens is 330 g/mol. The molecule has 0 fully saturated rings. The molecule has 130 valence electrons. The molecule has 3 aromatic rings. The molecule has 1 amide bonds. The summed E-state index contributed by atoms with van der Waals surface area (Å²) in [6, 6.07) is 16.5. The Balaban J connectivity index is 1.48. The number of carbonyl (C=O) groups excluding carboxylic acids is 2. The molecule has 1 aromatic heterocycles. The minimum atomic E-state index is -0.479. The lowest BCUT2D eigenvalue weighted by molar-refractivity contribution is -0.147. The zero-order valence-electron chi connectivity index (χ0n) is 14.0. The summed E-state index contributed by atoms with van der Waals surface area (Å²) in [5.74, 6) is -0.924. The highest BCUT2D eigenvalue weighted by atomic mass is 16.5. The van der Waals surface area contributed by atoms with Crippen molar-refractivity contribution in [3.8, 4) is 6.07 Å². The number of nitrogens with zero attached hydrogens (tertiary/aromatic N) is 1. The van der Waals surface area contributed by atoms with Crippen LogP contribution in [0, 0.1) is 11.3 Å². The minimum absolute atomic E-state index is 0.184. The maximum Gasteiger partial charge on any atom is 0.306 e. The Labute approximate surface area is 150 Å². The summed E-state index contributed by atoms with van der Waals surface area (Å²) in [4.78, 5) is 26.9. The Morgan fingerprint density at radius 3 is 2.73 bits per heavy atom. The van der Waals surface area contributed by atoms with Crippen LogP contribution >= 0.6 is 0 Å². The number of hydrogen-bond acceptors (Lipinski definition) is 4. The fourth-order valence-electron chi connectivity index (χ4n) is 2.67.